The first-order valence-electron chi connectivity index (χ1n) is 10.5. The molecule has 1 aliphatic rings. The molecule has 1 fully saturated rings. The number of amides is 1. The lowest BCUT2D eigenvalue weighted by Crippen LogP contribution is -2.39. The molecule has 0 bridgehead atoms. The van der Waals surface area contributed by atoms with Crippen LogP contribution in [0.4, 0.5) is 0 Å². The number of hydrogen-bond acceptors (Lipinski definition) is 2. The number of carbonyl (C=O) groups is 1. The van der Waals surface area contributed by atoms with E-state index in [-0.39, 0.29) is 17.9 Å². The zero-order chi connectivity index (χ0) is 19.9. The molecule has 4 rings (SSSR count). The van der Waals surface area contributed by atoms with E-state index in [9.17, 15) is 4.79 Å². The summed E-state index contributed by atoms with van der Waals surface area (Å²) in [5.74, 6) is -0.241. The number of nitrogens with one attached hydrogen (secondary N) is 1. The molecule has 29 heavy (non-hydrogen) atoms. The van der Waals surface area contributed by atoms with E-state index in [1.165, 1.54) is 18.4 Å². The van der Waals surface area contributed by atoms with E-state index in [2.05, 4.69) is 34.5 Å². The van der Waals surface area contributed by atoms with Gasteiger partial charge in [-0.3, -0.25) is 9.69 Å². The molecule has 3 nitrogen and oxygen atoms in total. The lowest BCUT2D eigenvalue weighted by atomic mass is 9.90. The summed E-state index contributed by atoms with van der Waals surface area (Å²) in [6.45, 7) is 2.81. The number of benzene rings is 3. The smallest absolute Gasteiger partial charge is 0.232 e. The standard InChI is InChI=1S/C26H28N2O/c29-26(25(22-14-6-2-7-15-22)23-16-8-3-9-17-23)27-20-24(28-18-10-11-19-28)21-12-4-1-5-13-21/h1-9,12-17,24-25H,10-11,18-20H2,(H,27,29)/t24-/m1/s1. The van der Waals surface area contributed by atoms with Gasteiger partial charge in [-0.1, -0.05) is 91.0 Å². The fourth-order valence-corrected chi connectivity index (χ4v) is 4.27. The number of rotatable bonds is 7. The van der Waals surface area contributed by atoms with Gasteiger partial charge in [0.05, 0.1) is 12.0 Å². The molecule has 3 heteroatoms. The maximum atomic E-state index is 13.4. The molecule has 0 unspecified atom stereocenters. The van der Waals surface area contributed by atoms with Crippen LogP contribution in [0.5, 0.6) is 0 Å². The molecule has 3 aromatic rings. The summed E-state index contributed by atoms with van der Waals surface area (Å²) in [6.07, 6.45) is 2.46. The van der Waals surface area contributed by atoms with Crippen LogP contribution in [-0.4, -0.2) is 30.4 Å². The van der Waals surface area contributed by atoms with Gasteiger partial charge in [0.1, 0.15) is 0 Å². The van der Waals surface area contributed by atoms with E-state index < -0.39 is 0 Å². The number of likely N-dealkylation sites (tertiary alicyclic amines) is 1. The Kier molecular flexibility index (Phi) is 6.38. The van der Waals surface area contributed by atoms with E-state index in [1.807, 2.05) is 66.7 Å². The molecule has 0 aliphatic carbocycles. The summed E-state index contributed by atoms with van der Waals surface area (Å²) < 4.78 is 0. The quantitative estimate of drug-likeness (QED) is 0.636. The SMILES string of the molecule is O=C(NC[C@H](c1ccccc1)N1CCCC1)C(c1ccccc1)c1ccccc1. The largest absolute Gasteiger partial charge is 0.353 e. The van der Waals surface area contributed by atoms with Crippen LogP contribution in [0.3, 0.4) is 0 Å². The fourth-order valence-electron chi connectivity index (χ4n) is 4.27. The summed E-state index contributed by atoms with van der Waals surface area (Å²) in [5, 5.41) is 3.27. The van der Waals surface area contributed by atoms with Crippen LogP contribution < -0.4 is 5.32 Å². The van der Waals surface area contributed by atoms with Gasteiger partial charge >= 0.3 is 0 Å². The van der Waals surface area contributed by atoms with Crippen LogP contribution in [0.15, 0.2) is 91.0 Å². The summed E-state index contributed by atoms with van der Waals surface area (Å²) >= 11 is 0. The Morgan fingerprint density at radius 3 is 1.66 bits per heavy atom. The first-order valence-corrected chi connectivity index (χ1v) is 10.5. The summed E-state index contributed by atoms with van der Waals surface area (Å²) in [7, 11) is 0. The molecule has 0 spiro atoms. The highest BCUT2D eigenvalue weighted by atomic mass is 16.1. The topological polar surface area (TPSA) is 32.3 Å². The molecule has 0 aromatic heterocycles. The predicted octanol–water partition coefficient (Wildman–Crippen LogP) is 4.77. The van der Waals surface area contributed by atoms with Crippen molar-refractivity contribution in [3.8, 4) is 0 Å². The van der Waals surface area contributed by atoms with E-state index in [0.29, 0.717) is 6.54 Å². The first kappa shape index (κ1) is 19.4. The molecular formula is C26H28N2O. The van der Waals surface area contributed by atoms with Gasteiger partial charge in [0, 0.05) is 6.54 Å². The summed E-state index contributed by atoms with van der Waals surface area (Å²) in [6, 6.07) is 30.9. The Balaban J connectivity index is 1.55. The second-order valence-electron chi connectivity index (χ2n) is 7.67. The average molecular weight is 385 g/mol. The predicted molar refractivity (Wildman–Crippen MR) is 118 cm³/mol. The lowest BCUT2D eigenvalue weighted by molar-refractivity contribution is -0.121. The molecule has 3 aromatic carbocycles. The normalized spacial score (nSPS) is 15.3. The molecule has 0 saturated carbocycles. The van der Waals surface area contributed by atoms with Gasteiger partial charge in [0.15, 0.2) is 0 Å². The molecule has 1 heterocycles. The molecule has 1 N–H and O–H groups in total. The second-order valence-corrected chi connectivity index (χ2v) is 7.67. The van der Waals surface area contributed by atoms with Gasteiger partial charge in [-0.2, -0.15) is 0 Å². The molecule has 1 aliphatic heterocycles. The van der Waals surface area contributed by atoms with Gasteiger partial charge in [-0.15, -0.1) is 0 Å². The van der Waals surface area contributed by atoms with Gasteiger partial charge < -0.3 is 5.32 Å². The minimum Gasteiger partial charge on any atom is -0.353 e. The Labute approximate surface area is 173 Å². The minimum absolute atomic E-state index is 0.0579. The lowest BCUT2D eigenvalue weighted by Gasteiger charge is -2.29. The van der Waals surface area contributed by atoms with Crippen molar-refractivity contribution < 1.29 is 4.79 Å². The van der Waals surface area contributed by atoms with Crippen LogP contribution in [0, 0.1) is 0 Å². The van der Waals surface area contributed by atoms with Crippen molar-refractivity contribution >= 4 is 5.91 Å². The summed E-state index contributed by atoms with van der Waals surface area (Å²) in [4.78, 5) is 15.9. The van der Waals surface area contributed by atoms with Crippen molar-refractivity contribution in [1.29, 1.82) is 0 Å². The molecule has 1 amide bonds. The van der Waals surface area contributed by atoms with Crippen molar-refractivity contribution in [2.24, 2.45) is 0 Å². The van der Waals surface area contributed by atoms with Crippen molar-refractivity contribution in [2.45, 2.75) is 24.8 Å². The highest BCUT2D eigenvalue weighted by Gasteiger charge is 2.27. The van der Waals surface area contributed by atoms with Crippen molar-refractivity contribution in [3.05, 3.63) is 108 Å². The average Bonchev–Trinajstić information content (AvgIpc) is 3.31. The highest BCUT2D eigenvalue weighted by Crippen LogP contribution is 2.27. The van der Waals surface area contributed by atoms with Gasteiger partial charge in [-0.25, -0.2) is 0 Å². The van der Waals surface area contributed by atoms with Gasteiger partial charge in [0.2, 0.25) is 5.91 Å². The maximum absolute atomic E-state index is 13.4. The molecular weight excluding hydrogens is 356 g/mol. The van der Waals surface area contributed by atoms with E-state index in [4.69, 9.17) is 0 Å². The Bertz CT molecular complexity index is 850. The van der Waals surface area contributed by atoms with Gasteiger partial charge in [0.25, 0.3) is 0 Å². The third kappa shape index (κ3) is 4.75. The van der Waals surface area contributed by atoms with E-state index >= 15 is 0 Å². The van der Waals surface area contributed by atoms with Crippen molar-refractivity contribution in [2.75, 3.05) is 19.6 Å². The highest BCUT2D eigenvalue weighted by molar-refractivity contribution is 5.87. The molecule has 1 saturated heterocycles. The maximum Gasteiger partial charge on any atom is 0.232 e. The molecule has 0 radical (unpaired) electrons. The second kappa shape index (κ2) is 9.53. The third-order valence-corrected chi connectivity index (χ3v) is 5.76. The van der Waals surface area contributed by atoms with Crippen LogP contribution in [0.25, 0.3) is 0 Å². The zero-order valence-electron chi connectivity index (χ0n) is 16.7. The van der Waals surface area contributed by atoms with Crippen LogP contribution in [-0.2, 0) is 4.79 Å². The zero-order valence-corrected chi connectivity index (χ0v) is 16.7. The van der Waals surface area contributed by atoms with Crippen LogP contribution in [0.2, 0.25) is 0 Å². The minimum atomic E-state index is -0.299. The van der Waals surface area contributed by atoms with Crippen LogP contribution >= 0.6 is 0 Å². The first-order chi connectivity index (χ1) is 14.3. The molecule has 1 atom stereocenters. The number of carbonyl (C=O) groups excluding carboxylic acids is 1. The van der Waals surface area contributed by atoms with Crippen molar-refractivity contribution in [1.82, 2.24) is 10.2 Å². The van der Waals surface area contributed by atoms with E-state index in [0.717, 1.165) is 24.2 Å². The Hall–Kier alpha value is -2.91. The number of nitrogens with zero attached hydrogens (tertiary/aromatic N) is 1. The fraction of sp³-hybridized carbons (Fsp3) is 0.269. The monoisotopic (exact) mass is 384 g/mol. The number of hydrogen-bond donors (Lipinski definition) is 1. The Morgan fingerprint density at radius 1 is 0.724 bits per heavy atom. The third-order valence-electron chi connectivity index (χ3n) is 5.76. The molecule has 148 valence electrons. The van der Waals surface area contributed by atoms with Crippen molar-refractivity contribution in [3.63, 3.8) is 0 Å². The van der Waals surface area contributed by atoms with Crippen LogP contribution in [0.1, 0.15) is 41.5 Å². The summed E-state index contributed by atoms with van der Waals surface area (Å²) in [5.41, 5.74) is 3.31. The Morgan fingerprint density at radius 2 is 1.17 bits per heavy atom. The van der Waals surface area contributed by atoms with Gasteiger partial charge in [-0.05, 0) is 42.6 Å². The van der Waals surface area contributed by atoms with E-state index in [1.54, 1.807) is 0 Å².